The van der Waals surface area contributed by atoms with E-state index in [1.807, 2.05) is 30.3 Å². The van der Waals surface area contributed by atoms with Gasteiger partial charge in [0.05, 0.1) is 18.8 Å². The number of pyridine rings is 1. The maximum absolute atomic E-state index is 12.4. The molecule has 0 saturated carbocycles. The number of nitrogens with zero attached hydrogens (tertiary/aromatic N) is 2. The number of esters is 1. The largest absolute Gasteiger partial charge is 0.452 e. The molecule has 1 fully saturated rings. The molecule has 0 spiro atoms. The molecule has 1 aliphatic heterocycles. The predicted octanol–water partition coefficient (Wildman–Crippen LogP) is 2.25. The number of aromatic nitrogens is 1. The molecule has 7 heteroatoms. The summed E-state index contributed by atoms with van der Waals surface area (Å²) in [6.07, 6.45) is 1.63. The number of benzene rings is 1. The number of morpholine rings is 1. The molecule has 3 rings (SSSR count). The van der Waals surface area contributed by atoms with Gasteiger partial charge in [-0.1, -0.05) is 30.0 Å². The van der Waals surface area contributed by atoms with Gasteiger partial charge < -0.3 is 14.4 Å². The Kier molecular flexibility index (Phi) is 6.03. The topological polar surface area (TPSA) is 68.7 Å². The van der Waals surface area contributed by atoms with Gasteiger partial charge in [0.25, 0.3) is 5.91 Å². The minimum atomic E-state index is -0.548. The molecule has 2 aromatic rings. The van der Waals surface area contributed by atoms with Crippen molar-refractivity contribution in [1.82, 2.24) is 9.88 Å². The van der Waals surface area contributed by atoms with Gasteiger partial charge in [-0.25, -0.2) is 9.78 Å². The SMILES string of the molecule is O=C(OCC(=O)N1CCOCC1)c1cccnc1Sc1ccccc1. The number of hydrogen-bond acceptors (Lipinski definition) is 6. The molecule has 0 aliphatic carbocycles. The molecule has 1 aromatic carbocycles. The van der Waals surface area contributed by atoms with Crippen LogP contribution in [0.25, 0.3) is 0 Å². The van der Waals surface area contributed by atoms with Gasteiger partial charge >= 0.3 is 5.97 Å². The van der Waals surface area contributed by atoms with E-state index in [2.05, 4.69) is 4.98 Å². The van der Waals surface area contributed by atoms with Gasteiger partial charge in [-0.05, 0) is 24.3 Å². The molecule has 6 nitrogen and oxygen atoms in total. The summed E-state index contributed by atoms with van der Waals surface area (Å²) in [7, 11) is 0. The first-order valence-corrected chi connectivity index (χ1v) is 8.76. The molecule has 0 unspecified atom stereocenters. The van der Waals surface area contributed by atoms with E-state index >= 15 is 0 Å². The number of carbonyl (C=O) groups excluding carboxylic acids is 2. The fourth-order valence-electron chi connectivity index (χ4n) is 2.34. The Morgan fingerprint density at radius 1 is 1.12 bits per heavy atom. The Labute approximate surface area is 150 Å². The lowest BCUT2D eigenvalue weighted by Gasteiger charge is -2.26. The van der Waals surface area contributed by atoms with Crippen LogP contribution in [0.1, 0.15) is 10.4 Å². The molecule has 0 atom stereocenters. The van der Waals surface area contributed by atoms with Crippen LogP contribution < -0.4 is 0 Å². The van der Waals surface area contributed by atoms with Crippen LogP contribution >= 0.6 is 11.8 Å². The lowest BCUT2D eigenvalue weighted by atomic mass is 10.3. The minimum absolute atomic E-state index is 0.210. The second-order valence-corrected chi connectivity index (χ2v) is 6.40. The molecule has 2 heterocycles. The lowest BCUT2D eigenvalue weighted by molar-refractivity contribution is -0.138. The first kappa shape index (κ1) is 17.4. The van der Waals surface area contributed by atoms with Crippen molar-refractivity contribution in [3.05, 3.63) is 54.2 Å². The van der Waals surface area contributed by atoms with Gasteiger partial charge in [-0.2, -0.15) is 0 Å². The molecule has 0 radical (unpaired) electrons. The fourth-order valence-corrected chi connectivity index (χ4v) is 3.23. The van der Waals surface area contributed by atoms with Crippen LogP contribution in [0.4, 0.5) is 0 Å². The van der Waals surface area contributed by atoms with Crippen molar-refractivity contribution in [3.63, 3.8) is 0 Å². The van der Waals surface area contributed by atoms with Crippen molar-refractivity contribution in [2.75, 3.05) is 32.9 Å². The molecule has 0 bridgehead atoms. The highest BCUT2D eigenvalue weighted by molar-refractivity contribution is 7.99. The summed E-state index contributed by atoms with van der Waals surface area (Å²) < 4.78 is 10.4. The summed E-state index contributed by atoms with van der Waals surface area (Å²) in [4.78, 5) is 31.3. The summed E-state index contributed by atoms with van der Waals surface area (Å²) in [5.74, 6) is -0.758. The average molecular weight is 358 g/mol. The van der Waals surface area contributed by atoms with Crippen LogP contribution in [0.5, 0.6) is 0 Å². The highest BCUT2D eigenvalue weighted by Gasteiger charge is 2.20. The normalized spacial score (nSPS) is 14.2. The third-order valence-corrected chi connectivity index (χ3v) is 4.67. The van der Waals surface area contributed by atoms with E-state index in [0.717, 1.165) is 4.90 Å². The van der Waals surface area contributed by atoms with Gasteiger partial charge in [0, 0.05) is 24.2 Å². The summed E-state index contributed by atoms with van der Waals surface area (Å²) >= 11 is 1.38. The molecular weight excluding hydrogens is 340 g/mol. The Hall–Kier alpha value is -2.38. The zero-order chi connectivity index (χ0) is 17.5. The number of amides is 1. The van der Waals surface area contributed by atoms with Gasteiger partial charge in [0.15, 0.2) is 6.61 Å². The van der Waals surface area contributed by atoms with Crippen LogP contribution in [0.3, 0.4) is 0 Å². The maximum Gasteiger partial charge on any atom is 0.341 e. The van der Waals surface area contributed by atoms with E-state index in [9.17, 15) is 9.59 Å². The van der Waals surface area contributed by atoms with Crippen molar-refractivity contribution in [2.45, 2.75) is 9.92 Å². The van der Waals surface area contributed by atoms with Crippen LogP contribution in [0, 0.1) is 0 Å². The maximum atomic E-state index is 12.4. The zero-order valence-corrected chi connectivity index (χ0v) is 14.4. The third kappa shape index (κ3) is 4.80. The van der Waals surface area contributed by atoms with Gasteiger partial charge in [0.2, 0.25) is 0 Å². The predicted molar refractivity (Wildman–Crippen MR) is 92.5 cm³/mol. The van der Waals surface area contributed by atoms with Crippen LogP contribution in [-0.2, 0) is 14.3 Å². The first-order valence-electron chi connectivity index (χ1n) is 7.94. The molecule has 25 heavy (non-hydrogen) atoms. The van der Waals surface area contributed by atoms with Crippen molar-refractivity contribution in [3.8, 4) is 0 Å². The Morgan fingerprint density at radius 3 is 2.64 bits per heavy atom. The fraction of sp³-hybridized carbons (Fsp3) is 0.278. The van der Waals surface area contributed by atoms with Crippen LogP contribution in [0.15, 0.2) is 58.6 Å². The summed E-state index contributed by atoms with van der Waals surface area (Å²) in [5, 5.41) is 0.553. The van der Waals surface area contributed by atoms with Crippen molar-refractivity contribution < 1.29 is 19.1 Å². The second kappa shape index (κ2) is 8.64. The number of rotatable bonds is 5. The Bertz CT molecular complexity index is 733. The van der Waals surface area contributed by atoms with Crippen LogP contribution in [-0.4, -0.2) is 54.7 Å². The minimum Gasteiger partial charge on any atom is -0.452 e. The van der Waals surface area contributed by atoms with Crippen molar-refractivity contribution in [2.24, 2.45) is 0 Å². The number of hydrogen-bond donors (Lipinski definition) is 0. The summed E-state index contributed by atoms with van der Waals surface area (Å²) in [6, 6.07) is 13.0. The van der Waals surface area contributed by atoms with E-state index in [1.54, 1.807) is 23.2 Å². The molecule has 0 N–H and O–H groups in total. The molecule has 1 aromatic heterocycles. The summed E-state index contributed by atoms with van der Waals surface area (Å²) in [5.41, 5.74) is 0.353. The van der Waals surface area contributed by atoms with Crippen LogP contribution in [0.2, 0.25) is 0 Å². The smallest absolute Gasteiger partial charge is 0.341 e. The van der Waals surface area contributed by atoms with E-state index in [0.29, 0.717) is 36.9 Å². The number of carbonyl (C=O) groups is 2. The average Bonchev–Trinajstić information content (AvgIpc) is 2.68. The van der Waals surface area contributed by atoms with E-state index < -0.39 is 5.97 Å². The van der Waals surface area contributed by atoms with Crippen molar-refractivity contribution in [1.29, 1.82) is 0 Å². The molecule has 1 amide bonds. The Balaban J connectivity index is 1.63. The highest BCUT2D eigenvalue weighted by atomic mass is 32.2. The number of ether oxygens (including phenoxy) is 2. The quantitative estimate of drug-likeness (QED) is 0.764. The van der Waals surface area contributed by atoms with E-state index in [-0.39, 0.29) is 12.5 Å². The highest BCUT2D eigenvalue weighted by Crippen LogP contribution is 2.28. The molecule has 1 saturated heterocycles. The third-order valence-electron chi connectivity index (χ3n) is 3.64. The van der Waals surface area contributed by atoms with Crippen molar-refractivity contribution >= 4 is 23.6 Å². The monoisotopic (exact) mass is 358 g/mol. The zero-order valence-electron chi connectivity index (χ0n) is 13.6. The molecule has 1 aliphatic rings. The Morgan fingerprint density at radius 2 is 1.88 bits per heavy atom. The molecule has 130 valence electrons. The lowest BCUT2D eigenvalue weighted by Crippen LogP contribution is -2.42. The first-order chi connectivity index (χ1) is 12.2. The van der Waals surface area contributed by atoms with Gasteiger partial charge in [0.1, 0.15) is 5.03 Å². The van der Waals surface area contributed by atoms with Gasteiger partial charge in [-0.3, -0.25) is 4.79 Å². The second-order valence-electron chi connectivity index (χ2n) is 5.34. The standard InChI is InChI=1S/C18H18N2O4S/c21-16(20-9-11-23-12-10-20)13-24-18(22)15-7-4-8-19-17(15)25-14-5-2-1-3-6-14/h1-8H,9-13H2. The molecular formula is C18H18N2O4S. The van der Waals surface area contributed by atoms with E-state index in [1.165, 1.54) is 11.8 Å². The van der Waals surface area contributed by atoms with E-state index in [4.69, 9.17) is 9.47 Å². The van der Waals surface area contributed by atoms with Gasteiger partial charge in [-0.15, -0.1) is 0 Å². The summed E-state index contributed by atoms with van der Waals surface area (Å²) in [6.45, 7) is 1.81.